The maximum atomic E-state index is 12.9. The lowest BCUT2D eigenvalue weighted by Crippen LogP contribution is -2.44. The first kappa shape index (κ1) is 20.9. The Morgan fingerprint density at radius 1 is 1.23 bits per heavy atom. The monoisotopic (exact) mass is 381 g/mol. The molecule has 1 saturated carbocycles. The lowest BCUT2D eigenvalue weighted by Gasteiger charge is -2.31. The summed E-state index contributed by atoms with van der Waals surface area (Å²) >= 11 is 0. The Bertz CT molecular complexity index is 730. The van der Waals surface area contributed by atoms with Crippen LogP contribution in [0.5, 0.6) is 0 Å². The molecule has 6 nitrogen and oxygen atoms in total. The third-order valence-electron chi connectivity index (χ3n) is 5.30. The quantitative estimate of drug-likeness (QED) is 0.758. The minimum atomic E-state index is -3.60. The Morgan fingerprint density at radius 3 is 2.50 bits per heavy atom. The van der Waals surface area contributed by atoms with Gasteiger partial charge in [0.15, 0.2) is 0 Å². The van der Waals surface area contributed by atoms with Crippen molar-refractivity contribution in [1.82, 2.24) is 9.62 Å². The van der Waals surface area contributed by atoms with E-state index in [1.54, 1.807) is 19.1 Å². The molecule has 1 amide bonds. The molecule has 0 aliphatic heterocycles. The molecule has 7 heteroatoms. The standard InChI is InChI=1S/C19H31N3O3S/c1-4-22(5-2)26(24,25)18-12-15(11-10-14(18)3)19(23)21-17-9-7-6-8-16(17)13-20/h10-12,16-17H,4-9,13,20H2,1-3H3,(H,21,23). The molecule has 0 aromatic heterocycles. The lowest BCUT2D eigenvalue weighted by atomic mass is 9.84. The second-order valence-electron chi connectivity index (χ2n) is 6.93. The minimum absolute atomic E-state index is 0.0605. The topological polar surface area (TPSA) is 92.5 Å². The van der Waals surface area contributed by atoms with Crippen molar-refractivity contribution < 1.29 is 13.2 Å². The van der Waals surface area contributed by atoms with Crippen LogP contribution < -0.4 is 11.1 Å². The molecular formula is C19H31N3O3S. The van der Waals surface area contributed by atoms with E-state index in [1.165, 1.54) is 10.4 Å². The number of hydrogen-bond donors (Lipinski definition) is 2. The van der Waals surface area contributed by atoms with E-state index in [0.717, 1.165) is 25.7 Å². The molecule has 0 heterocycles. The highest BCUT2D eigenvalue weighted by Crippen LogP contribution is 2.25. The first-order valence-electron chi connectivity index (χ1n) is 9.46. The predicted molar refractivity (Wildman–Crippen MR) is 104 cm³/mol. The molecule has 1 fully saturated rings. The maximum absolute atomic E-state index is 12.9. The average Bonchev–Trinajstić information content (AvgIpc) is 2.63. The fourth-order valence-electron chi connectivity index (χ4n) is 3.65. The van der Waals surface area contributed by atoms with Gasteiger partial charge in [0.25, 0.3) is 5.91 Å². The van der Waals surface area contributed by atoms with Crippen LogP contribution in [0.4, 0.5) is 0 Å². The normalized spacial score (nSPS) is 21.0. The van der Waals surface area contributed by atoms with Crippen LogP contribution in [-0.4, -0.2) is 44.3 Å². The molecule has 1 aromatic rings. The van der Waals surface area contributed by atoms with Gasteiger partial charge < -0.3 is 11.1 Å². The zero-order chi connectivity index (χ0) is 19.3. The highest BCUT2D eigenvalue weighted by atomic mass is 32.2. The predicted octanol–water partition coefficient (Wildman–Crippen LogP) is 2.27. The van der Waals surface area contributed by atoms with Crippen molar-refractivity contribution in [2.45, 2.75) is 57.4 Å². The molecule has 0 saturated heterocycles. The summed E-state index contributed by atoms with van der Waals surface area (Å²) in [5.74, 6) is 0.0587. The van der Waals surface area contributed by atoms with Gasteiger partial charge in [0.05, 0.1) is 4.90 Å². The molecule has 1 aliphatic carbocycles. The smallest absolute Gasteiger partial charge is 0.251 e. The number of carbonyl (C=O) groups is 1. The van der Waals surface area contributed by atoms with E-state index < -0.39 is 10.0 Å². The van der Waals surface area contributed by atoms with Gasteiger partial charge in [-0.3, -0.25) is 4.79 Å². The fourth-order valence-corrected chi connectivity index (χ4v) is 5.36. The van der Waals surface area contributed by atoms with Crippen LogP contribution in [0, 0.1) is 12.8 Å². The number of carbonyl (C=O) groups excluding carboxylic acids is 1. The van der Waals surface area contributed by atoms with Crippen molar-refractivity contribution in [1.29, 1.82) is 0 Å². The number of aryl methyl sites for hydroxylation is 1. The van der Waals surface area contributed by atoms with Gasteiger partial charge >= 0.3 is 0 Å². The van der Waals surface area contributed by atoms with Crippen LogP contribution in [0.25, 0.3) is 0 Å². The summed E-state index contributed by atoms with van der Waals surface area (Å²) in [4.78, 5) is 12.9. The van der Waals surface area contributed by atoms with Gasteiger partial charge in [-0.15, -0.1) is 0 Å². The molecule has 0 radical (unpaired) electrons. The molecule has 0 spiro atoms. The molecule has 1 aliphatic rings. The van der Waals surface area contributed by atoms with Crippen LogP contribution in [0.1, 0.15) is 55.5 Å². The third kappa shape index (κ3) is 4.45. The first-order valence-corrected chi connectivity index (χ1v) is 10.9. The molecular weight excluding hydrogens is 350 g/mol. The summed E-state index contributed by atoms with van der Waals surface area (Å²) in [6.07, 6.45) is 4.17. The number of nitrogens with two attached hydrogens (primary N) is 1. The van der Waals surface area contributed by atoms with Gasteiger partial charge in [-0.25, -0.2) is 8.42 Å². The van der Waals surface area contributed by atoms with E-state index in [2.05, 4.69) is 5.32 Å². The van der Waals surface area contributed by atoms with Gasteiger partial charge in [-0.2, -0.15) is 4.31 Å². The number of hydrogen-bond acceptors (Lipinski definition) is 4. The lowest BCUT2D eigenvalue weighted by molar-refractivity contribution is 0.0908. The SMILES string of the molecule is CCN(CC)S(=O)(=O)c1cc(C(=O)NC2CCCCC2CN)ccc1C. The molecule has 1 aromatic carbocycles. The van der Waals surface area contributed by atoms with Crippen LogP contribution in [-0.2, 0) is 10.0 Å². The summed E-state index contributed by atoms with van der Waals surface area (Å²) in [5, 5.41) is 3.06. The second-order valence-corrected chi connectivity index (χ2v) is 8.84. The third-order valence-corrected chi connectivity index (χ3v) is 7.49. The van der Waals surface area contributed by atoms with Crippen LogP contribution >= 0.6 is 0 Å². The first-order chi connectivity index (χ1) is 12.3. The summed E-state index contributed by atoms with van der Waals surface area (Å²) in [6.45, 7) is 6.72. The Kier molecular flexibility index (Phi) is 7.20. The molecule has 2 unspecified atom stereocenters. The largest absolute Gasteiger partial charge is 0.349 e. The molecule has 2 rings (SSSR count). The number of nitrogens with zero attached hydrogens (tertiary/aromatic N) is 1. The van der Waals surface area contributed by atoms with Gasteiger partial charge in [-0.05, 0) is 49.9 Å². The van der Waals surface area contributed by atoms with E-state index in [-0.39, 0.29) is 22.8 Å². The van der Waals surface area contributed by atoms with Crippen molar-refractivity contribution in [3.63, 3.8) is 0 Å². The Morgan fingerprint density at radius 2 is 1.88 bits per heavy atom. The zero-order valence-electron chi connectivity index (χ0n) is 16.0. The maximum Gasteiger partial charge on any atom is 0.251 e. The number of amides is 1. The number of benzene rings is 1. The number of nitrogens with one attached hydrogen (secondary N) is 1. The highest BCUT2D eigenvalue weighted by molar-refractivity contribution is 7.89. The summed E-state index contributed by atoms with van der Waals surface area (Å²) < 4.78 is 27.1. The summed E-state index contributed by atoms with van der Waals surface area (Å²) in [6, 6.07) is 4.95. The molecule has 26 heavy (non-hydrogen) atoms. The fraction of sp³-hybridized carbons (Fsp3) is 0.632. The Balaban J connectivity index is 2.27. The van der Waals surface area contributed by atoms with E-state index in [9.17, 15) is 13.2 Å². The minimum Gasteiger partial charge on any atom is -0.349 e. The van der Waals surface area contributed by atoms with Crippen LogP contribution in [0.2, 0.25) is 0 Å². The van der Waals surface area contributed by atoms with Gasteiger partial charge in [0.2, 0.25) is 10.0 Å². The van der Waals surface area contributed by atoms with E-state index >= 15 is 0 Å². The van der Waals surface area contributed by atoms with Crippen molar-refractivity contribution >= 4 is 15.9 Å². The summed E-state index contributed by atoms with van der Waals surface area (Å²) in [7, 11) is -3.60. The molecule has 146 valence electrons. The summed E-state index contributed by atoms with van der Waals surface area (Å²) in [5.41, 5.74) is 6.86. The molecule has 2 atom stereocenters. The molecule has 0 bridgehead atoms. The average molecular weight is 382 g/mol. The van der Waals surface area contributed by atoms with E-state index in [0.29, 0.717) is 30.8 Å². The van der Waals surface area contributed by atoms with E-state index in [4.69, 9.17) is 5.73 Å². The Labute approximate surface area is 157 Å². The zero-order valence-corrected chi connectivity index (χ0v) is 16.8. The van der Waals surface area contributed by atoms with Crippen molar-refractivity contribution in [3.8, 4) is 0 Å². The van der Waals surface area contributed by atoms with Crippen molar-refractivity contribution in [2.75, 3.05) is 19.6 Å². The van der Waals surface area contributed by atoms with Gasteiger partial charge in [0.1, 0.15) is 0 Å². The molecule has 3 N–H and O–H groups in total. The van der Waals surface area contributed by atoms with E-state index in [1.807, 2.05) is 13.8 Å². The van der Waals surface area contributed by atoms with Crippen molar-refractivity contribution in [2.24, 2.45) is 11.7 Å². The Hall–Kier alpha value is -1.44. The van der Waals surface area contributed by atoms with Crippen molar-refractivity contribution in [3.05, 3.63) is 29.3 Å². The number of rotatable bonds is 7. The van der Waals surface area contributed by atoms with Gasteiger partial charge in [0, 0.05) is 24.7 Å². The number of sulfonamides is 1. The van der Waals surface area contributed by atoms with Crippen LogP contribution in [0.15, 0.2) is 23.1 Å². The second kappa shape index (κ2) is 8.97. The van der Waals surface area contributed by atoms with Crippen LogP contribution in [0.3, 0.4) is 0 Å². The highest BCUT2D eigenvalue weighted by Gasteiger charge is 2.27. The van der Waals surface area contributed by atoms with Gasteiger partial charge in [-0.1, -0.05) is 32.8 Å².